The van der Waals surface area contributed by atoms with Crippen molar-refractivity contribution in [2.45, 2.75) is 19.2 Å². The van der Waals surface area contributed by atoms with Crippen LogP contribution < -0.4 is 4.74 Å². The summed E-state index contributed by atoms with van der Waals surface area (Å²) in [6, 6.07) is 7.75. The molecule has 1 amide bonds. The summed E-state index contributed by atoms with van der Waals surface area (Å²) in [6.07, 6.45) is 0. The molecule has 1 saturated heterocycles. The highest BCUT2D eigenvalue weighted by Gasteiger charge is 2.25. The number of rotatable bonds is 3. The Morgan fingerprint density at radius 2 is 2.18 bits per heavy atom. The van der Waals surface area contributed by atoms with Gasteiger partial charge in [-0.15, -0.1) is 11.8 Å². The van der Waals surface area contributed by atoms with E-state index in [2.05, 4.69) is 6.92 Å². The molecule has 2 rings (SSSR count). The Labute approximate surface area is 106 Å². The predicted octanol–water partition coefficient (Wildman–Crippen LogP) is 2.30. The maximum Gasteiger partial charge on any atom is 0.261 e. The average Bonchev–Trinajstić information content (AvgIpc) is 2.74. The van der Waals surface area contributed by atoms with Gasteiger partial charge in [0.25, 0.3) is 5.91 Å². The molecule has 3 nitrogen and oxygen atoms in total. The van der Waals surface area contributed by atoms with Gasteiger partial charge in [0, 0.05) is 12.3 Å². The van der Waals surface area contributed by atoms with Crippen LogP contribution in [0, 0.1) is 6.92 Å². The summed E-state index contributed by atoms with van der Waals surface area (Å²) < 4.78 is 5.48. The summed E-state index contributed by atoms with van der Waals surface area (Å²) >= 11 is 1.81. The molecule has 0 spiro atoms. The Morgan fingerprint density at radius 1 is 1.47 bits per heavy atom. The minimum atomic E-state index is 0.0723. The minimum Gasteiger partial charge on any atom is -0.484 e. The van der Waals surface area contributed by atoms with Gasteiger partial charge in [-0.05, 0) is 26.0 Å². The molecule has 1 fully saturated rings. The van der Waals surface area contributed by atoms with E-state index in [-0.39, 0.29) is 17.9 Å². The number of carbonyl (C=O) groups excluding carboxylic acids is 1. The summed E-state index contributed by atoms with van der Waals surface area (Å²) in [6.45, 7) is 5.05. The molecule has 0 aromatic heterocycles. The van der Waals surface area contributed by atoms with Gasteiger partial charge < -0.3 is 9.64 Å². The van der Waals surface area contributed by atoms with E-state index in [1.54, 1.807) is 11.8 Å². The van der Waals surface area contributed by atoms with Gasteiger partial charge in [0.05, 0.1) is 5.37 Å². The lowest BCUT2D eigenvalue weighted by Crippen LogP contribution is -2.36. The molecule has 92 valence electrons. The van der Waals surface area contributed by atoms with E-state index in [0.717, 1.165) is 18.0 Å². The van der Waals surface area contributed by atoms with Crippen molar-refractivity contribution in [3.8, 4) is 5.75 Å². The van der Waals surface area contributed by atoms with Crippen molar-refractivity contribution in [1.29, 1.82) is 0 Å². The fraction of sp³-hybridized carbons (Fsp3) is 0.462. The second-order valence-electron chi connectivity index (χ2n) is 4.16. The highest BCUT2D eigenvalue weighted by atomic mass is 32.2. The van der Waals surface area contributed by atoms with Crippen LogP contribution in [-0.2, 0) is 4.79 Å². The Balaban J connectivity index is 1.85. The van der Waals surface area contributed by atoms with Crippen LogP contribution >= 0.6 is 11.8 Å². The Morgan fingerprint density at radius 3 is 2.76 bits per heavy atom. The number of hydrogen-bond acceptors (Lipinski definition) is 3. The topological polar surface area (TPSA) is 29.5 Å². The fourth-order valence-electron chi connectivity index (χ4n) is 1.78. The van der Waals surface area contributed by atoms with Crippen molar-refractivity contribution in [3.05, 3.63) is 29.8 Å². The van der Waals surface area contributed by atoms with Crippen molar-refractivity contribution >= 4 is 17.7 Å². The molecule has 1 aromatic rings. The highest BCUT2D eigenvalue weighted by Crippen LogP contribution is 2.23. The molecule has 4 heteroatoms. The third kappa shape index (κ3) is 3.16. The molecule has 1 aliphatic rings. The molecule has 17 heavy (non-hydrogen) atoms. The van der Waals surface area contributed by atoms with Gasteiger partial charge in [-0.25, -0.2) is 0 Å². The average molecular weight is 251 g/mol. The number of benzene rings is 1. The predicted molar refractivity (Wildman–Crippen MR) is 70.3 cm³/mol. The maximum absolute atomic E-state index is 11.9. The van der Waals surface area contributed by atoms with Crippen LogP contribution in [0.4, 0.5) is 0 Å². The lowest BCUT2D eigenvalue weighted by Gasteiger charge is -2.20. The number of ether oxygens (including phenoxy) is 1. The van der Waals surface area contributed by atoms with Gasteiger partial charge in [-0.3, -0.25) is 4.79 Å². The van der Waals surface area contributed by atoms with Crippen LogP contribution in [0.1, 0.15) is 12.5 Å². The zero-order valence-corrected chi connectivity index (χ0v) is 11.0. The Hall–Kier alpha value is -1.16. The first-order valence-electron chi connectivity index (χ1n) is 5.77. The van der Waals surface area contributed by atoms with Crippen molar-refractivity contribution in [1.82, 2.24) is 4.90 Å². The molecule has 1 aromatic carbocycles. The van der Waals surface area contributed by atoms with Gasteiger partial charge in [-0.2, -0.15) is 0 Å². The van der Waals surface area contributed by atoms with Crippen LogP contribution in [0.15, 0.2) is 24.3 Å². The first kappa shape index (κ1) is 12.3. The second kappa shape index (κ2) is 5.45. The summed E-state index contributed by atoms with van der Waals surface area (Å²) in [7, 11) is 0. The number of aryl methyl sites for hydroxylation is 1. The number of amides is 1. The first-order valence-corrected chi connectivity index (χ1v) is 6.82. The summed E-state index contributed by atoms with van der Waals surface area (Å²) in [4.78, 5) is 13.8. The van der Waals surface area contributed by atoms with E-state index in [9.17, 15) is 4.79 Å². The SMILES string of the molecule is Cc1ccc(OCC(=O)N2CCSC2C)cc1. The van der Waals surface area contributed by atoms with Gasteiger partial charge in [0.2, 0.25) is 0 Å². The quantitative estimate of drug-likeness (QED) is 0.825. The van der Waals surface area contributed by atoms with Gasteiger partial charge in [0.15, 0.2) is 6.61 Å². The van der Waals surface area contributed by atoms with E-state index >= 15 is 0 Å². The van der Waals surface area contributed by atoms with Crippen molar-refractivity contribution < 1.29 is 9.53 Å². The smallest absolute Gasteiger partial charge is 0.261 e. The zero-order chi connectivity index (χ0) is 12.3. The maximum atomic E-state index is 11.9. The van der Waals surface area contributed by atoms with E-state index in [0.29, 0.717) is 0 Å². The summed E-state index contributed by atoms with van der Waals surface area (Å²) in [5.41, 5.74) is 1.19. The second-order valence-corrected chi connectivity index (χ2v) is 5.58. The van der Waals surface area contributed by atoms with Crippen molar-refractivity contribution in [2.24, 2.45) is 0 Å². The third-order valence-corrected chi connectivity index (χ3v) is 3.99. The molecule has 1 heterocycles. The highest BCUT2D eigenvalue weighted by molar-refractivity contribution is 8.00. The molecule has 1 atom stereocenters. The third-order valence-electron chi connectivity index (χ3n) is 2.83. The van der Waals surface area contributed by atoms with E-state index in [1.807, 2.05) is 36.1 Å². The standard InChI is InChI=1S/C13H17NO2S/c1-10-3-5-12(6-4-10)16-9-13(15)14-7-8-17-11(14)2/h3-6,11H,7-9H2,1-2H3. The Kier molecular flexibility index (Phi) is 3.94. The van der Waals surface area contributed by atoms with Crippen LogP contribution in [0.2, 0.25) is 0 Å². The molecule has 0 bridgehead atoms. The van der Waals surface area contributed by atoms with E-state index in [1.165, 1.54) is 5.56 Å². The number of carbonyl (C=O) groups is 1. The van der Waals surface area contributed by atoms with Crippen molar-refractivity contribution in [3.63, 3.8) is 0 Å². The van der Waals surface area contributed by atoms with Crippen LogP contribution in [0.25, 0.3) is 0 Å². The van der Waals surface area contributed by atoms with Crippen LogP contribution in [0.5, 0.6) is 5.75 Å². The number of thioether (sulfide) groups is 1. The molecule has 1 unspecified atom stereocenters. The number of nitrogens with zero attached hydrogens (tertiary/aromatic N) is 1. The molecule has 0 saturated carbocycles. The monoisotopic (exact) mass is 251 g/mol. The molecule has 1 aliphatic heterocycles. The van der Waals surface area contributed by atoms with Gasteiger partial charge in [0.1, 0.15) is 5.75 Å². The largest absolute Gasteiger partial charge is 0.484 e. The fourth-order valence-corrected chi connectivity index (χ4v) is 2.83. The van der Waals surface area contributed by atoms with E-state index < -0.39 is 0 Å². The molecule has 0 radical (unpaired) electrons. The molecule has 0 aliphatic carbocycles. The lowest BCUT2D eigenvalue weighted by molar-refractivity contribution is -0.133. The molecular weight excluding hydrogens is 234 g/mol. The van der Waals surface area contributed by atoms with E-state index in [4.69, 9.17) is 4.74 Å². The zero-order valence-electron chi connectivity index (χ0n) is 10.2. The Bertz CT molecular complexity index is 391. The first-order chi connectivity index (χ1) is 8.16. The van der Waals surface area contributed by atoms with Gasteiger partial charge >= 0.3 is 0 Å². The lowest BCUT2D eigenvalue weighted by atomic mass is 10.2. The minimum absolute atomic E-state index is 0.0723. The van der Waals surface area contributed by atoms with Gasteiger partial charge in [-0.1, -0.05) is 17.7 Å². The van der Waals surface area contributed by atoms with Crippen LogP contribution in [-0.4, -0.2) is 35.1 Å². The van der Waals surface area contributed by atoms with Crippen molar-refractivity contribution in [2.75, 3.05) is 18.9 Å². The summed E-state index contributed by atoms with van der Waals surface area (Å²) in [5, 5.41) is 0.282. The summed E-state index contributed by atoms with van der Waals surface area (Å²) in [5.74, 6) is 1.85. The normalized spacial score (nSPS) is 19.4. The molecule has 0 N–H and O–H groups in total. The van der Waals surface area contributed by atoms with Crippen LogP contribution in [0.3, 0.4) is 0 Å². The molecular formula is C13H17NO2S. The number of hydrogen-bond donors (Lipinski definition) is 0.